The Bertz CT molecular complexity index is 403. The second-order valence-electron chi connectivity index (χ2n) is 4.60. The number of amides is 1. The molecule has 2 rings (SSSR count). The highest BCUT2D eigenvalue weighted by Crippen LogP contribution is 2.18. The van der Waals surface area contributed by atoms with Gasteiger partial charge in [-0.05, 0) is 30.9 Å². The molecular formula is C14H20N2O2. The van der Waals surface area contributed by atoms with Gasteiger partial charge in [-0.25, -0.2) is 0 Å². The van der Waals surface area contributed by atoms with E-state index in [0.29, 0.717) is 19.2 Å². The van der Waals surface area contributed by atoms with Gasteiger partial charge < -0.3 is 15.4 Å². The summed E-state index contributed by atoms with van der Waals surface area (Å²) < 4.78 is 5.07. The van der Waals surface area contributed by atoms with E-state index in [0.717, 1.165) is 17.7 Å². The molecule has 0 aliphatic heterocycles. The monoisotopic (exact) mass is 248 g/mol. The van der Waals surface area contributed by atoms with E-state index < -0.39 is 0 Å². The van der Waals surface area contributed by atoms with E-state index in [1.54, 1.807) is 7.11 Å². The van der Waals surface area contributed by atoms with Crippen molar-refractivity contribution >= 4 is 11.6 Å². The number of benzene rings is 1. The van der Waals surface area contributed by atoms with E-state index in [-0.39, 0.29) is 5.91 Å². The number of hydrogen-bond acceptors (Lipinski definition) is 3. The van der Waals surface area contributed by atoms with Gasteiger partial charge in [0.15, 0.2) is 0 Å². The van der Waals surface area contributed by atoms with Gasteiger partial charge in [0.25, 0.3) is 0 Å². The molecule has 1 aliphatic rings. The standard InChI is InChI=1S/C14H20N2O2/c1-18-9-8-11-4-2-3-5-13(11)16-14(17)10-15-12-6-7-12/h2-5,12,15H,6-10H2,1H3,(H,16,17). The van der Waals surface area contributed by atoms with Crippen molar-refractivity contribution in [3.63, 3.8) is 0 Å². The minimum Gasteiger partial charge on any atom is -0.384 e. The van der Waals surface area contributed by atoms with Crippen LogP contribution in [-0.4, -0.2) is 32.2 Å². The lowest BCUT2D eigenvalue weighted by atomic mass is 10.1. The smallest absolute Gasteiger partial charge is 0.238 e. The van der Waals surface area contributed by atoms with Crippen LogP contribution in [0.5, 0.6) is 0 Å². The molecule has 18 heavy (non-hydrogen) atoms. The number of carbonyl (C=O) groups excluding carboxylic acids is 1. The Kier molecular flexibility index (Phi) is 4.73. The normalized spacial score (nSPS) is 14.5. The summed E-state index contributed by atoms with van der Waals surface area (Å²) in [4.78, 5) is 11.8. The van der Waals surface area contributed by atoms with Crippen molar-refractivity contribution in [1.29, 1.82) is 0 Å². The molecule has 1 aromatic rings. The summed E-state index contributed by atoms with van der Waals surface area (Å²) >= 11 is 0. The van der Waals surface area contributed by atoms with Gasteiger partial charge in [0.05, 0.1) is 13.2 Å². The van der Waals surface area contributed by atoms with Crippen molar-refractivity contribution in [3.8, 4) is 0 Å². The summed E-state index contributed by atoms with van der Waals surface area (Å²) in [6.45, 7) is 1.05. The second kappa shape index (κ2) is 6.52. The molecular weight excluding hydrogens is 228 g/mol. The molecule has 0 saturated heterocycles. The quantitative estimate of drug-likeness (QED) is 0.770. The predicted molar refractivity (Wildman–Crippen MR) is 71.7 cm³/mol. The summed E-state index contributed by atoms with van der Waals surface area (Å²) in [5, 5.41) is 6.15. The van der Waals surface area contributed by atoms with Gasteiger partial charge in [-0.1, -0.05) is 18.2 Å². The van der Waals surface area contributed by atoms with Crippen LogP contribution < -0.4 is 10.6 Å². The molecule has 0 bridgehead atoms. The number of para-hydroxylation sites is 1. The third kappa shape index (κ3) is 4.13. The fourth-order valence-electron chi connectivity index (χ4n) is 1.79. The van der Waals surface area contributed by atoms with Crippen molar-refractivity contribution in [2.75, 3.05) is 25.6 Å². The van der Waals surface area contributed by atoms with Gasteiger partial charge in [-0.15, -0.1) is 0 Å². The van der Waals surface area contributed by atoms with Crippen LogP contribution in [0, 0.1) is 0 Å². The molecule has 1 amide bonds. The minimum atomic E-state index is 0.0202. The first kappa shape index (κ1) is 13.1. The molecule has 1 fully saturated rings. The number of hydrogen-bond donors (Lipinski definition) is 2. The fourth-order valence-corrected chi connectivity index (χ4v) is 1.79. The topological polar surface area (TPSA) is 50.4 Å². The van der Waals surface area contributed by atoms with Crippen LogP contribution in [0.25, 0.3) is 0 Å². The summed E-state index contributed by atoms with van der Waals surface area (Å²) in [6.07, 6.45) is 3.19. The molecule has 0 radical (unpaired) electrons. The van der Waals surface area contributed by atoms with Crippen LogP contribution in [0.4, 0.5) is 5.69 Å². The molecule has 4 nitrogen and oxygen atoms in total. The highest BCUT2D eigenvalue weighted by molar-refractivity contribution is 5.93. The third-order valence-electron chi connectivity index (χ3n) is 3.00. The summed E-state index contributed by atoms with van der Waals surface area (Å²) in [5.41, 5.74) is 2.00. The van der Waals surface area contributed by atoms with E-state index in [1.165, 1.54) is 12.8 Å². The van der Waals surface area contributed by atoms with Gasteiger partial charge in [0, 0.05) is 18.8 Å². The van der Waals surface area contributed by atoms with Gasteiger partial charge in [0.1, 0.15) is 0 Å². The van der Waals surface area contributed by atoms with Crippen molar-refractivity contribution < 1.29 is 9.53 Å². The number of carbonyl (C=O) groups is 1. The van der Waals surface area contributed by atoms with Gasteiger partial charge >= 0.3 is 0 Å². The number of rotatable bonds is 7. The van der Waals surface area contributed by atoms with Crippen LogP contribution in [0.2, 0.25) is 0 Å². The first-order valence-electron chi connectivity index (χ1n) is 6.39. The molecule has 0 heterocycles. The van der Waals surface area contributed by atoms with Gasteiger partial charge in [-0.3, -0.25) is 4.79 Å². The Labute approximate surface area is 108 Å². The molecule has 4 heteroatoms. The average molecular weight is 248 g/mol. The number of methoxy groups -OCH3 is 1. The van der Waals surface area contributed by atoms with Crippen LogP contribution in [-0.2, 0) is 16.0 Å². The van der Waals surface area contributed by atoms with Crippen molar-refractivity contribution in [2.45, 2.75) is 25.3 Å². The van der Waals surface area contributed by atoms with E-state index in [4.69, 9.17) is 4.74 Å². The summed E-state index contributed by atoms with van der Waals surface area (Å²) in [6, 6.07) is 8.41. The molecule has 1 aliphatic carbocycles. The Morgan fingerprint density at radius 2 is 2.17 bits per heavy atom. The molecule has 1 aromatic carbocycles. The lowest BCUT2D eigenvalue weighted by molar-refractivity contribution is -0.115. The highest BCUT2D eigenvalue weighted by Gasteiger charge is 2.21. The van der Waals surface area contributed by atoms with E-state index in [2.05, 4.69) is 10.6 Å². The largest absolute Gasteiger partial charge is 0.384 e. The number of anilines is 1. The van der Waals surface area contributed by atoms with Gasteiger partial charge in [0.2, 0.25) is 5.91 Å². The molecule has 2 N–H and O–H groups in total. The maximum absolute atomic E-state index is 11.8. The zero-order valence-electron chi connectivity index (χ0n) is 10.7. The minimum absolute atomic E-state index is 0.0202. The Balaban J connectivity index is 1.87. The average Bonchev–Trinajstić information content (AvgIpc) is 3.19. The Morgan fingerprint density at radius 3 is 2.89 bits per heavy atom. The first-order valence-corrected chi connectivity index (χ1v) is 6.39. The maximum atomic E-state index is 11.8. The molecule has 1 saturated carbocycles. The first-order chi connectivity index (χ1) is 8.79. The molecule has 0 aromatic heterocycles. The van der Waals surface area contributed by atoms with Crippen LogP contribution >= 0.6 is 0 Å². The number of ether oxygens (including phenoxy) is 1. The van der Waals surface area contributed by atoms with E-state index in [1.807, 2.05) is 24.3 Å². The Morgan fingerprint density at radius 1 is 1.39 bits per heavy atom. The Hall–Kier alpha value is -1.39. The lowest BCUT2D eigenvalue weighted by Crippen LogP contribution is -2.29. The molecule has 0 atom stereocenters. The third-order valence-corrected chi connectivity index (χ3v) is 3.00. The molecule has 0 spiro atoms. The molecule has 0 unspecified atom stereocenters. The van der Waals surface area contributed by atoms with Crippen molar-refractivity contribution in [3.05, 3.63) is 29.8 Å². The second-order valence-corrected chi connectivity index (χ2v) is 4.60. The zero-order chi connectivity index (χ0) is 12.8. The number of nitrogens with one attached hydrogen (secondary N) is 2. The predicted octanol–water partition coefficient (Wildman–Crippen LogP) is 1.57. The molecule has 98 valence electrons. The van der Waals surface area contributed by atoms with E-state index >= 15 is 0 Å². The van der Waals surface area contributed by atoms with Crippen molar-refractivity contribution in [2.24, 2.45) is 0 Å². The van der Waals surface area contributed by atoms with Crippen molar-refractivity contribution in [1.82, 2.24) is 5.32 Å². The van der Waals surface area contributed by atoms with Crippen LogP contribution in [0.1, 0.15) is 18.4 Å². The SMILES string of the molecule is COCCc1ccccc1NC(=O)CNC1CC1. The highest BCUT2D eigenvalue weighted by atomic mass is 16.5. The van der Waals surface area contributed by atoms with Crippen LogP contribution in [0.3, 0.4) is 0 Å². The summed E-state index contributed by atoms with van der Waals surface area (Å²) in [5.74, 6) is 0.0202. The fraction of sp³-hybridized carbons (Fsp3) is 0.500. The lowest BCUT2D eigenvalue weighted by Gasteiger charge is -2.11. The maximum Gasteiger partial charge on any atom is 0.238 e. The van der Waals surface area contributed by atoms with Crippen LogP contribution in [0.15, 0.2) is 24.3 Å². The zero-order valence-corrected chi connectivity index (χ0v) is 10.7. The van der Waals surface area contributed by atoms with E-state index in [9.17, 15) is 4.79 Å². The van der Waals surface area contributed by atoms with Gasteiger partial charge in [-0.2, -0.15) is 0 Å². The summed E-state index contributed by atoms with van der Waals surface area (Å²) in [7, 11) is 1.68.